The molecule has 0 N–H and O–H groups in total. The van der Waals surface area contributed by atoms with Gasteiger partial charge in [0.2, 0.25) is 0 Å². The second-order valence-corrected chi connectivity index (χ2v) is 5.74. The molecule has 0 saturated carbocycles. The smallest absolute Gasteiger partial charge is 0.131 e. The molecule has 96 valence electrons. The normalized spacial score (nSPS) is 19.7. The summed E-state index contributed by atoms with van der Waals surface area (Å²) in [6.07, 6.45) is 0. The van der Waals surface area contributed by atoms with E-state index in [1.807, 2.05) is 11.7 Å². The Morgan fingerprint density at radius 3 is 2.76 bits per heavy atom. The summed E-state index contributed by atoms with van der Waals surface area (Å²) in [7, 11) is 2.01. The standard InChI is InChI=1S/C12H20BrN3O/c1-9-10(7-13)11(15(4)14-9)16-5-6-17-12(2,3)8-16/h5-8H2,1-4H3. The predicted molar refractivity (Wildman–Crippen MR) is 72.8 cm³/mol. The number of anilines is 1. The maximum absolute atomic E-state index is 5.75. The SMILES string of the molecule is Cc1nn(C)c(N2CCOC(C)(C)C2)c1CBr. The summed E-state index contributed by atoms with van der Waals surface area (Å²) >= 11 is 3.56. The van der Waals surface area contributed by atoms with E-state index in [4.69, 9.17) is 4.74 Å². The first-order valence-corrected chi connectivity index (χ1v) is 7.04. The average Bonchev–Trinajstić information content (AvgIpc) is 2.51. The highest BCUT2D eigenvalue weighted by atomic mass is 79.9. The number of rotatable bonds is 2. The van der Waals surface area contributed by atoms with Crippen LogP contribution in [0.5, 0.6) is 0 Å². The number of hydrogen-bond acceptors (Lipinski definition) is 3. The van der Waals surface area contributed by atoms with Gasteiger partial charge in [-0.1, -0.05) is 15.9 Å². The molecule has 0 radical (unpaired) electrons. The van der Waals surface area contributed by atoms with Crippen molar-refractivity contribution in [3.05, 3.63) is 11.3 Å². The van der Waals surface area contributed by atoms with Gasteiger partial charge < -0.3 is 9.64 Å². The summed E-state index contributed by atoms with van der Waals surface area (Å²) < 4.78 is 7.73. The van der Waals surface area contributed by atoms with E-state index in [0.29, 0.717) is 0 Å². The third-order valence-corrected chi connectivity index (χ3v) is 3.73. The first kappa shape index (κ1) is 12.9. The van der Waals surface area contributed by atoms with Gasteiger partial charge >= 0.3 is 0 Å². The minimum absolute atomic E-state index is 0.0833. The maximum Gasteiger partial charge on any atom is 0.131 e. The van der Waals surface area contributed by atoms with Crippen LogP contribution in [0.1, 0.15) is 25.1 Å². The van der Waals surface area contributed by atoms with Crippen molar-refractivity contribution < 1.29 is 4.74 Å². The second-order valence-electron chi connectivity index (χ2n) is 5.17. The molecule has 1 aromatic rings. The monoisotopic (exact) mass is 301 g/mol. The van der Waals surface area contributed by atoms with Crippen LogP contribution in [-0.2, 0) is 17.1 Å². The topological polar surface area (TPSA) is 30.3 Å². The molecule has 2 rings (SSSR count). The highest BCUT2D eigenvalue weighted by molar-refractivity contribution is 9.08. The van der Waals surface area contributed by atoms with Crippen molar-refractivity contribution in [2.45, 2.75) is 31.7 Å². The number of ether oxygens (including phenoxy) is 1. The molecule has 0 aliphatic carbocycles. The summed E-state index contributed by atoms with van der Waals surface area (Å²) in [5, 5.41) is 5.36. The number of hydrogen-bond donors (Lipinski definition) is 0. The van der Waals surface area contributed by atoms with Crippen molar-refractivity contribution in [1.29, 1.82) is 0 Å². The van der Waals surface area contributed by atoms with Gasteiger partial charge in [0.1, 0.15) is 5.82 Å². The molecule has 2 heterocycles. The van der Waals surface area contributed by atoms with Crippen LogP contribution in [0.2, 0.25) is 0 Å². The third kappa shape index (κ3) is 2.50. The van der Waals surface area contributed by atoms with Gasteiger partial charge in [-0.2, -0.15) is 5.10 Å². The van der Waals surface area contributed by atoms with E-state index in [1.54, 1.807) is 0 Å². The molecule has 0 unspecified atom stereocenters. The summed E-state index contributed by atoms with van der Waals surface area (Å²) in [6, 6.07) is 0. The van der Waals surface area contributed by atoms with Crippen LogP contribution >= 0.6 is 15.9 Å². The van der Waals surface area contributed by atoms with Crippen LogP contribution in [-0.4, -0.2) is 35.1 Å². The predicted octanol–water partition coefficient (Wildman–Crippen LogP) is 2.24. The molecule has 0 spiro atoms. The molecule has 1 aromatic heterocycles. The summed E-state index contributed by atoms with van der Waals surface area (Å²) in [6.45, 7) is 8.95. The molecule has 17 heavy (non-hydrogen) atoms. The van der Waals surface area contributed by atoms with Crippen molar-refractivity contribution in [1.82, 2.24) is 9.78 Å². The molecule has 1 saturated heterocycles. The highest BCUT2D eigenvalue weighted by Crippen LogP contribution is 2.29. The van der Waals surface area contributed by atoms with Gasteiger partial charge in [-0.25, -0.2) is 0 Å². The molecule has 1 aliphatic rings. The zero-order valence-electron chi connectivity index (χ0n) is 11.0. The van der Waals surface area contributed by atoms with Crippen LogP contribution in [0.25, 0.3) is 0 Å². The molecule has 0 bridgehead atoms. The lowest BCUT2D eigenvalue weighted by Gasteiger charge is -2.39. The van der Waals surface area contributed by atoms with Crippen LogP contribution in [0.4, 0.5) is 5.82 Å². The molecule has 4 nitrogen and oxygen atoms in total. The zero-order valence-corrected chi connectivity index (χ0v) is 12.5. The fourth-order valence-electron chi connectivity index (χ4n) is 2.44. The Balaban J connectivity index is 2.33. The van der Waals surface area contributed by atoms with Crippen molar-refractivity contribution >= 4 is 21.7 Å². The maximum atomic E-state index is 5.75. The molecular formula is C12H20BrN3O. The lowest BCUT2D eigenvalue weighted by molar-refractivity contribution is -0.0281. The average molecular weight is 302 g/mol. The Bertz CT molecular complexity index is 414. The van der Waals surface area contributed by atoms with Crippen LogP contribution in [0.3, 0.4) is 0 Å². The molecule has 1 aliphatic heterocycles. The number of alkyl halides is 1. The quantitative estimate of drug-likeness (QED) is 0.785. The largest absolute Gasteiger partial charge is 0.372 e. The summed E-state index contributed by atoms with van der Waals surface area (Å²) in [4.78, 5) is 2.38. The van der Waals surface area contributed by atoms with Gasteiger partial charge in [-0.15, -0.1) is 0 Å². The lowest BCUT2D eigenvalue weighted by atomic mass is 10.1. The van der Waals surface area contributed by atoms with Gasteiger partial charge in [0.05, 0.1) is 17.9 Å². The zero-order chi connectivity index (χ0) is 12.6. The first-order valence-electron chi connectivity index (χ1n) is 5.92. The fourth-order valence-corrected chi connectivity index (χ4v) is 3.10. The molecular weight excluding hydrogens is 282 g/mol. The Morgan fingerprint density at radius 1 is 1.47 bits per heavy atom. The Kier molecular flexibility index (Phi) is 3.50. The van der Waals surface area contributed by atoms with E-state index in [-0.39, 0.29) is 5.60 Å². The number of aryl methyl sites for hydroxylation is 2. The van der Waals surface area contributed by atoms with Crippen LogP contribution in [0, 0.1) is 6.92 Å². The highest BCUT2D eigenvalue weighted by Gasteiger charge is 2.30. The number of morpholine rings is 1. The van der Waals surface area contributed by atoms with Gasteiger partial charge in [-0.05, 0) is 20.8 Å². The van der Waals surface area contributed by atoms with Crippen molar-refractivity contribution in [2.24, 2.45) is 7.05 Å². The van der Waals surface area contributed by atoms with Gasteiger partial charge in [0.15, 0.2) is 0 Å². The van der Waals surface area contributed by atoms with E-state index < -0.39 is 0 Å². The van der Waals surface area contributed by atoms with E-state index in [1.165, 1.54) is 11.4 Å². The molecule has 0 amide bonds. The van der Waals surface area contributed by atoms with Crippen molar-refractivity contribution in [3.63, 3.8) is 0 Å². The minimum atomic E-state index is -0.0833. The van der Waals surface area contributed by atoms with Crippen LogP contribution < -0.4 is 4.90 Å². The molecule has 0 atom stereocenters. The minimum Gasteiger partial charge on any atom is -0.372 e. The Hall–Kier alpha value is -0.550. The number of aromatic nitrogens is 2. The Morgan fingerprint density at radius 2 is 2.18 bits per heavy atom. The summed E-state index contributed by atoms with van der Waals surface area (Å²) in [5.74, 6) is 1.22. The fraction of sp³-hybridized carbons (Fsp3) is 0.750. The third-order valence-electron chi connectivity index (χ3n) is 3.17. The van der Waals surface area contributed by atoms with E-state index in [9.17, 15) is 0 Å². The Labute approximate surface area is 111 Å². The molecule has 0 aromatic carbocycles. The van der Waals surface area contributed by atoms with E-state index in [0.717, 1.165) is 30.7 Å². The van der Waals surface area contributed by atoms with Crippen molar-refractivity contribution in [3.8, 4) is 0 Å². The number of nitrogens with zero attached hydrogens (tertiary/aromatic N) is 3. The first-order chi connectivity index (χ1) is 7.94. The van der Waals surface area contributed by atoms with Crippen molar-refractivity contribution in [2.75, 3.05) is 24.6 Å². The van der Waals surface area contributed by atoms with Gasteiger partial charge in [0, 0.05) is 31.0 Å². The van der Waals surface area contributed by atoms with E-state index in [2.05, 4.69) is 46.7 Å². The summed E-state index contributed by atoms with van der Waals surface area (Å²) in [5.41, 5.74) is 2.30. The molecule has 1 fully saturated rings. The van der Waals surface area contributed by atoms with Gasteiger partial charge in [0.25, 0.3) is 0 Å². The van der Waals surface area contributed by atoms with Crippen LogP contribution in [0.15, 0.2) is 0 Å². The number of halogens is 1. The second kappa shape index (κ2) is 4.61. The van der Waals surface area contributed by atoms with E-state index >= 15 is 0 Å². The molecule has 5 heteroatoms. The van der Waals surface area contributed by atoms with Gasteiger partial charge in [-0.3, -0.25) is 4.68 Å². The lowest BCUT2D eigenvalue weighted by Crippen LogP contribution is -2.49.